The highest BCUT2D eigenvalue weighted by Gasteiger charge is 2.46. The molecule has 3 fully saturated rings. The van der Waals surface area contributed by atoms with E-state index in [1.165, 1.54) is 32.1 Å². The fourth-order valence-corrected chi connectivity index (χ4v) is 5.52. The van der Waals surface area contributed by atoms with Crippen LogP contribution >= 0.6 is 0 Å². The summed E-state index contributed by atoms with van der Waals surface area (Å²) in [6, 6.07) is 0. The van der Waals surface area contributed by atoms with E-state index in [9.17, 15) is 10.2 Å². The van der Waals surface area contributed by atoms with Crippen molar-refractivity contribution in [2.45, 2.75) is 84.8 Å². The Labute approximate surface area is 159 Å². The zero-order chi connectivity index (χ0) is 19.1. The Bertz CT molecular complexity index is 664. The lowest BCUT2D eigenvalue weighted by atomic mass is 9.64. The number of hydrogen-bond acceptors (Lipinski definition) is 2. The molecule has 0 bridgehead atoms. The van der Waals surface area contributed by atoms with Crippen LogP contribution in [0.2, 0.25) is 0 Å². The van der Waals surface area contributed by atoms with E-state index in [-0.39, 0.29) is 0 Å². The lowest BCUT2D eigenvalue weighted by molar-refractivity contribution is 0.0862. The summed E-state index contributed by atoms with van der Waals surface area (Å²) >= 11 is 0. The predicted octanol–water partition coefficient (Wildman–Crippen LogP) is 5.48. The van der Waals surface area contributed by atoms with Gasteiger partial charge in [-0.2, -0.15) is 0 Å². The van der Waals surface area contributed by atoms with Gasteiger partial charge in [0.05, 0.1) is 12.2 Å². The number of aliphatic hydroxyl groups excluding tert-OH is 2. The third kappa shape index (κ3) is 3.51. The molecule has 3 rings (SSSR count). The highest BCUT2D eigenvalue weighted by atomic mass is 16.3. The number of aliphatic hydroxyl groups is 2. The van der Waals surface area contributed by atoms with E-state index in [2.05, 4.69) is 46.4 Å². The van der Waals surface area contributed by atoms with Crippen LogP contribution in [-0.2, 0) is 0 Å². The fraction of sp³-hybridized carbons (Fsp3) is 0.667. The van der Waals surface area contributed by atoms with Crippen LogP contribution in [0.3, 0.4) is 0 Å². The quantitative estimate of drug-likeness (QED) is 0.643. The molecule has 26 heavy (non-hydrogen) atoms. The summed E-state index contributed by atoms with van der Waals surface area (Å²) < 4.78 is 0. The lowest BCUT2D eigenvalue weighted by Gasteiger charge is -2.40. The molecule has 2 nitrogen and oxygen atoms in total. The monoisotopic (exact) mass is 356 g/mol. The van der Waals surface area contributed by atoms with Crippen LogP contribution in [0, 0.1) is 17.3 Å². The molecule has 0 amide bonds. The standard InChI is InChI=1S/C24H36O2/c1-15(2)16(3)21-10-11-22-18(7-6-12-24(21,22)5)8-9-19-13-20(25)14-23(26)17(19)4/h8-9,15,20,22-23,25-26H,4,6-7,10-14H2,1-3,5H3/b18-8+,19-9-,21-16-/t20-,22+,23+,24-/m1/s1. The van der Waals surface area contributed by atoms with Gasteiger partial charge in [0.15, 0.2) is 0 Å². The summed E-state index contributed by atoms with van der Waals surface area (Å²) in [7, 11) is 0. The number of rotatable bonds is 2. The molecule has 2 N–H and O–H groups in total. The van der Waals surface area contributed by atoms with Crippen LogP contribution in [-0.4, -0.2) is 22.4 Å². The molecule has 0 aliphatic heterocycles. The van der Waals surface area contributed by atoms with Crippen molar-refractivity contribution in [2.24, 2.45) is 17.3 Å². The maximum atomic E-state index is 10.1. The van der Waals surface area contributed by atoms with Crippen molar-refractivity contribution in [1.29, 1.82) is 0 Å². The summed E-state index contributed by atoms with van der Waals surface area (Å²) in [4.78, 5) is 0. The average Bonchev–Trinajstić information content (AvgIpc) is 2.93. The minimum Gasteiger partial charge on any atom is -0.393 e. The summed E-state index contributed by atoms with van der Waals surface area (Å²) in [5.74, 6) is 1.27. The molecule has 0 heterocycles. The molecule has 0 unspecified atom stereocenters. The predicted molar refractivity (Wildman–Crippen MR) is 109 cm³/mol. The second kappa shape index (κ2) is 7.48. The van der Waals surface area contributed by atoms with E-state index in [0.717, 1.165) is 11.1 Å². The Morgan fingerprint density at radius 1 is 1.23 bits per heavy atom. The normalized spacial score (nSPS) is 40.4. The van der Waals surface area contributed by atoms with Gasteiger partial charge in [-0.3, -0.25) is 0 Å². The number of allylic oxidation sites excluding steroid dienone is 5. The highest BCUT2D eigenvalue weighted by molar-refractivity contribution is 5.40. The molecule has 0 saturated heterocycles. The third-order valence-corrected chi connectivity index (χ3v) is 7.36. The number of fused-ring (bicyclic) bond motifs is 1. The first-order chi connectivity index (χ1) is 12.2. The van der Waals surface area contributed by atoms with E-state index in [4.69, 9.17) is 0 Å². The zero-order valence-electron chi connectivity index (χ0n) is 17.0. The van der Waals surface area contributed by atoms with E-state index in [0.29, 0.717) is 30.1 Å². The van der Waals surface area contributed by atoms with Gasteiger partial charge in [-0.25, -0.2) is 0 Å². The molecule has 0 aromatic heterocycles. The van der Waals surface area contributed by atoms with Gasteiger partial charge in [0, 0.05) is 6.42 Å². The Balaban J connectivity index is 1.88. The van der Waals surface area contributed by atoms with Gasteiger partial charge in [0.1, 0.15) is 0 Å². The third-order valence-electron chi connectivity index (χ3n) is 7.36. The molecule has 3 aliphatic rings. The second-order valence-corrected chi connectivity index (χ2v) is 9.25. The maximum Gasteiger partial charge on any atom is 0.0811 e. The first-order valence-electron chi connectivity index (χ1n) is 10.4. The second-order valence-electron chi connectivity index (χ2n) is 9.25. The van der Waals surface area contributed by atoms with Crippen LogP contribution in [0.15, 0.2) is 46.6 Å². The largest absolute Gasteiger partial charge is 0.393 e. The van der Waals surface area contributed by atoms with Crippen molar-refractivity contribution in [3.8, 4) is 0 Å². The first-order valence-corrected chi connectivity index (χ1v) is 10.4. The molecular formula is C24H36O2. The molecule has 0 radical (unpaired) electrons. The molecule has 4 atom stereocenters. The van der Waals surface area contributed by atoms with Crippen LogP contribution < -0.4 is 0 Å². The zero-order valence-corrected chi connectivity index (χ0v) is 17.0. The van der Waals surface area contributed by atoms with Gasteiger partial charge in [-0.15, -0.1) is 0 Å². The van der Waals surface area contributed by atoms with Crippen LogP contribution in [0.4, 0.5) is 0 Å². The van der Waals surface area contributed by atoms with Crippen molar-refractivity contribution >= 4 is 0 Å². The molecule has 2 heteroatoms. The fourth-order valence-electron chi connectivity index (χ4n) is 5.52. The van der Waals surface area contributed by atoms with Crippen LogP contribution in [0.25, 0.3) is 0 Å². The Hall–Kier alpha value is -1.12. The van der Waals surface area contributed by atoms with Crippen molar-refractivity contribution in [1.82, 2.24) is 0 Å². The van der Waals surface area contributed by atoms with Gasteiger partial charge in [0.2, 0.25) is 0 Å². The van der Waals surface area contributed by atoms with Gasteiger partial charge in [-0.1, -0.05) is 56.2 Å². The summed E-state index contributed by atoms with van der Waals surface area (Å²) in [6.07, 6.45) is 10.6. The Kier molecular flexibility index (Phi) is 5.65. The van der Waals surface area contributed by atoms with Crippen molar-refractivity contribution in [2.75, 3.05) is 0 Å². The highest BCUT2D eigenvalue weighted by Crippen LogP contribution is 2.58. The summed E-state index contributed by atoms with van der Waals surface area (Å²) in [6.45, 7) is 13.5. The van der Waals surface area contributed by atoms with Gasteiger partial charge in [-0.05, 0) is 73.8 Å². The summed E-state index contributed by atoms with van der Waals surface area (Å²) in [5, 5.41) is 20.0. The van der Waals surface area contributed by atoms with Gasteiger partial charge < -0.3 is 10.2 Å². The Morgan fingerprint density at radius 3 is 2.65 bits per heavy atom. The number of hydrogen-bond donors (Lipinski definition) is 2. The van der Waals surface area contributed by atoms with E-state index in [1.54, 1.807) is 16.7 Å². The van der Waals surface area contributed by atoms with E-state index < -0.39 is 12.2 Å². The maximum absolute atomic E-state index is 10.1. The molecule has 3 saturated carbocycles. The molecule has 0 spiro atoms. The molecule has 144 valence electrons. The van der Waals surface area contributed by atoms with Gasteiger partial charge >= 0.3 is 0 Å². The molecule has 0 aromatic rings. The van der Waals surface area contributed by atoms with Crippen LogP contribution in [0.1, 0.15) is 72.6 Å². The lowest BCUT2D eigenvalue weighted by Crippen LogP contribution is -2.30. The van der Waals surface area contributed by atoms with Crippen molar-refractivity contribution in [3.63, 3.8) is 0 Å². The molecule has 3 aliphatic carbocycles. The van der Waals surface area contributed by atoms with Crippen molar-refractivity contribution in [3.05, 3.63) is 46.6 Å². The minimum absolute atomic E-state index is 0.319. The smallest absolute Gasteiger partial charge is 0.0811 e. The molecular weight excluding hydrogens is 320 g/mol. The van der Waals surface area contributed by atoms with Crippen molar-refractivity contribution < 1.29 is 10.2 Å². The average molecular weight is 357 g/mol. The van der Waals surface area contributed by atoms with E-state index in [1.807, 2.05) is 0 Å². The van der Waals surface area contributed by atoms with E-state index >= 15 is 0 Å². The van der Waals surface area contributed by atoms with Gasteiger partial charge in [0.25, 0.3) is 0 Å². The Morgan fingerprint density at radius 2 is 1.96 bits per heavy atom. The van der Waals surface area contributed by atoms with Crippen LogP contribution in [0.5, 0.6) is 0 Å². The molecule has 0 aromatic carbocycles. The summed E-state index contributed by atoms with van der Waals surface area (Å²) in [5.41, 5.74) is 6.99. The SMILES string of the molecule is C=C1/C(=C\C=C2/CCC[C@]3(C)/C(=C(/C)C(C)C)CC[C@@H]23)C[C@@H](O)C[C@@H]1O. The topological polar surface area (TPSA) is 40.5 Å². The minimum atomic E-state index is -0.602. The first kappa shape index (κ1) is 19.6.